The molecule has 0 aliphatic heterocycles. The van der Waals surface area contributed by atoms with Crippen molar-refractivity contribution in [3.05, 3.63) is 24.3 Å². The third-order valence-corrected chi connectivity index (χ3v) is 15.4. The van der Waals surface area contributed by atoms with Crippen LogP contribution in [0, 0.1) is 0 Å². The number of ether oxygens (including phenoxy) is 1. The number of unbranched alkanes of at least 4 members (excludes halogenated alkanes) is 40. The first-order valence-corrected chi connectivity index (χ1v) is 33.2. The number of nitrogens with one attached hydrogen (secondary N) is 1. The number of allylic oxidation sites excluding steroid dienone is 3. The summed E-state index contributed by atoms with van der Waals surface area (Å²) in [6, 6.07) is -0.842. The first kappa shape index (κ1) is 71.5. The number of nitrogens with zero attached hydrogens (tertiary/aromatic N) is 1. The van der Waals surface area contributed by atoms with Crippen LogP contribution in [0.2, 0.25) is 0 Å². The predicted molar refractivity (Wildman–Crippen MR) is 314 cm³/mol. The minimum absolute atomic E-state index is 0.0440. The summed E-state index contributed by atoms with van der Waals surface area (Å²) in [5.41, 5.74) is 0. The van der Waals surface area contributed by atoms with Gasteiger partial charge >= 0.3 is 13.8 Å². The monoisotopic (exact) mass is 1050 g/mol. The Labute approximate surface area is 454 Å². The van der Waals surface area contributed by atoms with Gasteiger partial charge in [0.05, 0.1) is 33.8 Å². The first-order valence-electron chi connectivity index (χ1n) is 31.7. The van der Waals surface area contributed by atoms with Crippen LogP contribution >= 0.6 is 7.82 Å². The maximum absolute atomic E-state index is 13.5. The number of hydrogen-bond acceptors (Lipinski definition) is 6. The standard InChI is InChI=1S/C63H123N2O7P/c1-7-10-13-16-19-22-25-28-29-30-31-32-33-34-35-38-41-44-47-50-53-56-63(67)72-61(54-51-48-45-42-39-36-26-23-20-17-14-11-8-2)60(59-71-73(68,69)70-58-57-65(4,5)6)64-62(66)55-52-49-46-43-40-37-27-24-21-18-15-12-9-3/h28-29,51,54,60-61H,7-27,30-50,52-53,55-59H2,1-6H3,(H-,64,66,68,69)/p+1/b29-28+,54-51+. The number of quaternary nitrogens is 1. The zero-order valence-corrected chi connectivity index (χ0v) is 50.3. The zero-order valence-electron chi connectivity index (χ0n) is 49.4. The Kier molecular flexibility index (Phi) is 52.8. The number of esters is 1. The van der Waals surface area contributed by atoms with Crippen LogP contribution in [0.1, 0.15) is 316 Å². The summed E-state index contributed by atoms with van der Waals surface area (Å²) in [4.78, 5) is 37.7. The van der Waals surface area contributed by atoms with E-state index in [1.807, 2.05) is 33.3 Å². The minimum atomic E-state index is -4.44. The number of rotatable bonds is 58. The van der Waals surface area contributed by atoms with Crippen molar-refractivity contribution in [2.45, 2.75) is 328 Å². The molecule has 0 radical (unpaired) electrons. The fourth-order valence-corrected chi connectivity index (χ4v) is 10.2. The van der Waals surface area contributed by atoms with E-state index in [0.717, 1.165) is 57.8 Å². The van der Waals surface area contributed by atoms with E-state index >= 15 is 0 Å². The van der Waals surface area contributed by atoms with Gasteiger partial charge in [0.2, 0.25) is 5.91 Å². The molecule has 0 aromatic carbocycles. The maximum atomic E-state index is 13.5. The van der Waals surface area contributed by atoms with E-state index in [1.165, 1.54) is 225 Å². The zero-order chi connectivity index (χ0) is 53.6. The van der Waals surface area contributed by atoms with Crippen LogP contribution in [0.15, 0.2) is 24.3 Å². The van der Waals surface area contributed by atoms with Gasteiger partial charge in [-0.3, -0.25) is 18.6 Å². The van der Waals surface area contributed by atoms with E-state index < -0.39 is 20.0 Å². The molecule has 0 rings (SSSR count). The third kappa shape index (κ3) is 55.1. The molecule has 3 atom stereocenters. The second-order valence-corrected chi connectivity index (χ2v) is 24.4. The highest BCUT2D eigenvalue weighted by Crippen LogP contribution is 2.43. The van der Waals surface area contributed by atoms with E-state index in [9.17, 15) is 19.0 Å². The summed E-state index contributed by atoms with van der Waals surface area (Å²) < 4.78 is 30.7. The summed E-state index contributed by atoms with van der Waals surface area (Å²) in [5.74, 6) is -0.489. The van der Waals surface area contributed by atoms with Crippen molar-refractivity contribution >= 4 is 19.7 Å². The number of likely N-dealkylation sites (N-methyl/N-ethyl adjacent to an activating group) is 1. The van der Waals surface area contributed by atoms with Gasteiger partial charge in [0.25, 0.3) is 0 Å². The second kappa shape index (κ2) is 53.9. The SMILES string of the molecule is CCCCCCCC/C=C/CCCCCCCCCCCCCC(=O)OC(/C=C/CCCCCCCCCCCCC)C(COP(=O)(O)OCC[N+](C)(C)C)NC(=O)CCCCCCCCCCCCCCC. The molecule has 3 unspecified atom stereocenters. The van der Waals surface area contributed by atoms with Gasteiger partial charge in [-0.15, -0.1) is 0 Å². The lowest BCUT2D eigenvalue weighted by atomic mass is 10.0. The molecule has 0 bridgehead atoms. The highest BCUT2D eigenvalue weighted by molar-refractivity contribution is 7.47. The Morgan fingerprint density at radius 3 is 1.16 bits per heavy atom. The molecule has 0 aliphatic rings. The van der Waals surface area contributed by atoms with Crippen LogP contribution in [0.25, 0.3) is 0 Å². The molecule has 0 aromatic rings. The molecule has 0 aliphatic carbocycles. The van der Waals surface area contributed by atoms with Crippen LogP contribution in [0.4, 0.5) is 0 Å². The Morgan fingerprint density at radius 1 is 0.466 bits per heavy atom. The van der Waals surface area contributed by atoms with Gasteiger partial charge in [0, 0.05) is 12.8 Å². The summed E-state index contributed by atoms with van der Waals surface area (Å²) in [5, 5.41) is 3.06. The lowest BCUT2D eigenvalue weighted by molar-refractivity contribution is -0.870. The van der Waals surface area contributed by atoms with Crippen molar-refractivity contribution < 1.29 is 37.3 Å². The Bertz CT molecular complexity index is 1300. The fraction of sp³-hybridized carbons (Fsp3) is 0.905. The molecule has 1 amide bonds. The molecule has 432 valence electrons. The fourth-order valence-electron chi connectivity index (χ4n) is 9.47. The van der Waals surface area contributed by atoms with E-state index in [0.29, 0.717) is 23.9 Å². The van der Waals surface area contributed by atoms with Gasteiger partial charge in [-0.2, -0.15) is 0 Å². The van der Waals surface area contributed by atoms with Crippen molar-refractivity contribution in [2.24, 2.45) is 0 Å². The molecule has 9 nitrogen and oxygen atoms in total. The molecule has 0 saturated heterocycles. The number of amides is 1. The van der Waals surface area contributed by atoms with Gasteiger partial charge in [-0.1, -0.05) is 270 Å². The molecular weight excluding hydrogens is 928 g/mol. The van der Waals surface area contributed by atoms with Crippen molar-refractivity contribution in [1.29, 1.82) is 0 Å². The number of hydrogen-bond donors (Lipinski definition) is 2. The molecule has 0 spiro atoms. The van der Waals surface area contributed by atoms with E-state index in [4.69, 9.17) is 13.8 Å². The van der Waals surface area contributed by atoms with Crippen molar-refractivity contribution in [3.8, 4) is 0 Å². The van der Waals surface area contributed by atoms with Crippen molar-refractivity contribution in [1.82, 2.24) is 5.32 Å². The normalized spacial score (nSPS) is 13.8. The summed E-state index contributed by atoms with van der Waals surface area (Å²) in [6.45, 7) is 7.05. The van der Waals surface area contributed by atoms with Crippen LogP contribution in [-0.4, -0.2) is 74.3 Å². The lowest BCUT2D eigenvalue weighted by Crippen LogP contribution is -2.47. The van der Waals surface area contributed by atoms with Crippen LogP contribution in [-0.2, 0) is 27.9 Å². The quantitative estimate of drug-likeness (QED) is 0.0205. The molecule has 10 heteroatoms. The van der Waals surface area contributed by atoms with E-state index in [2.05, 4.69) is 38.2 Å². The van der Waals surface area contributed by atoms with Crippen LogP contribution in [0.3, 0.4) is 0 Å². The highest BCUT2D eigenvalue weighted by Gasteiger charge is 2.30. The second-order valence-electron chi connectivity index (χ2n) is 22.9. The van der Waals surface area contributed by atoms with Gasteiger partial charge < -0.3 is 19.4 Å². The van der Waals surface area contributed by atoms with Crippen LogP contribution in [0.5, 0.6) is 0 Å². The smallest absolute Gasteiger partial charge is 0.456 e. The Morgan fingerprint density at radius 2 is 0.795 bits per heavy atom. The van der Waals surface area contributed by atoms with Crippen molar-refractivity contribution in [2.75, 3.05) is 40.9 Å². The molecule has 0 heterocycles. The van der Waals surface area contributed by atoms with Gasteiger partial charge in [0.15, 0.2) is 0 Å². The Hall–Kier alpha value is -1.51. The third-order valence-electron chi connectivity index (χ3n) is 14.4. The number of carbonyl (C=O) groups is 2. The minimum Gasteiger partial charge on any atom is -0.456 e. The highest BCUT2D eigenvalue weighted by atomic mass is 31.2. The molecular formula is C63H124N2O7P+. The maximum Gasteiger partial charge on any atom is 0.472 e. The predicted octanol–water partition coefficient (Wildman–Crippen LogP) is 19.3. The lowest BCUT2D eigenvalue weighted by Gasteiger charge is -2.27. The summed E-state index contributed by atoms with van der Waals surface area (Å²) in [7, 11) is 1.51. The van der Waals surface area contributed by atoms with E-state index in [-0.39, 0.29) is 25.1 Å². The largest absolute Gasteiger partial charge is 0.472 e. The molecule has 0 fully saturated rings. The topological polar surface area (TPSA) is 111 Å². The average molecular weight is 1050 g/mol. The van der Waals surface area contributed by atoms with Gasteiger partial charge in [-0.25, -0.2) is 4.57 Å². The summed E-state index contributed by atoms with van der Waals surface area (Å²) >= 11 is 0. The number of phosphoric ester groups is 1. The van der Waals surface area contributed by atoms with Gasteiger partial charge in [-0.05, 0) is 57.4 Å². The van der Waals surface area contributed by atoms with Gasteiger partial charge in [0.1, 0.15) is 19.3 Å². The van der Waals surface area contributed by atoms with Crippen molar-refractivity contribution in [3.63, 3.8) is 0 Å². The number of carbonyl (C=O) groups excluding carboxylic acids is 2. The molecule has 0 aromatic heterocycles. The van der Waals surface area contributed by atoms with E-state index in [1.54, 1.807) is 0 Å². The average Bonchev–Trinajstić information content (AvgIpc) is 3.35. The Balaban J connectivity index is 5.19. The molecule has 2 N–H and O–H groups in total. The first-order chi connectivity index (χ1) is 35.4. The summed E-state index contributed by atoms with van der Waals surface area (Å²) in [6.07, 6.45) is 63.1. The van der Waals surface area contributed by atoms with Crippen LogP contribution < -0.4 is 5.32 Å². The molecule has 73 heavy (non-hydrogen) atoms. The number of phosphoric acid groups is 1. The molecule has 0 saturated carbocycles.